The van der Waals surface area contributed by atoms with Crippen molar-refractivity contribution in [3.05, 3.63) is 58.3 Å². The number of rotatable bonds is 2. The highest BCUT2D eigenvalue weighted by molar-refractivity contribution is 9.10. The van der Waals surface area contributed by atoms with Gasteiger partial charge in [-0.3, -0.25) is 9.78 Å². The number of halogens is 2. The van der Waals surface area contributed by atoms with Crippen LogP contribution in [0.5, 0.6) is 0 Å². The van der Waals surface area contributed by atoms with Crippen molar-refractivity contribution in [2.24, 2.45) is 0 Å². The fourth-order valence-electron chi connectivity index (χ4n) is 1.20. The third kappa shape index (κ3) is 2.14. The summed E-state index contributed by atoms with van der Waals surface area (Å²) in [5.41, 5.74) is 0.606. The summed E-state index contributed by atoms with van der Waals surface area (Å²) in [6, 6.07) is 4.07. The Bertz CT molecular complexity index is 531. The monoisotopic (exact) mass is 280 g/mol. The topological polar surface area (TPSA) is 42.9 Å². The normalized spacial score (nSPS) is 10.1. The van der Waals surface area contributed by atoms with E-state index in [0.717, 1.165) is 0 Å². The molecule has 3 nitrogen and oxygen atoms in total. The molecule has 0 atom stereocenters. The zero-order valence-corrected chi connectivity index (χ0v) is 9.61. The van der Waals surface area contributed by atoms with Gasteiger partial charge in [0.05, 0.1) is 10.7 Å². The minimum Gasteiger partial charge on any atom is -0.287 e. The van der Waals surface area contributed by atoms with Gasteiger partial charge in [0.2, 0.25) is 5.78 Å². The van der Waals surface area contributed by atoms with Gasteiger partial charge in [0.1, 0.15) is 11.5 Å². The van der Waals surface area contributed by atoms with Crippen LogP contribution in [0.2, 0.25) is 0 Å². The predicted molar refractivity (Wildman–Crippen MR) is 59.6 cm³/mol. The molecule has 0 fully saturated rings. The van der Waals surface area contributed by atoms with Gasteiger partial charge in [-0.25, -0.2) is 9.37 Å². The molecule has 80 valence electrons. The number of benzene rings is 1. The Morgan fingerprint density at radius 3 is 2.75 bits per heavy atom. The molecule has 16 heavy (non-hydrogen) atoms. The van der Waals surface area contributed by atoms with E-state index in [-0.39, 0.29) is 15.9 Å². The second kappa shape index (κ2) is 4.49. The Kier molecular flexibility index (Phi) is 3.05. The zero-order valence-electron chi connectivity index (χ0n) is 8.02. The maximum atomic E-state index is 13.0. The van der Waals surface area contributed by atoms with Crippen LogP contribution in [0.3, 0.4) is 0 Å². The van der Waals surface area contributed by atoms with E-state index in [1.807, 2.05) is 0 Å². The Hall–Kier alpha value is -1.62. The Balaban J connectivity index is 2.39. The molecule has 0 amide bonds. The maximum Gasteiger partial charge on any atom is 0.212 e. The van der Waals surface area contributed by atoms with Gasteiger partial charge in [-0.15, -0.1) is 0 Å². The molecule has 0 N–H and O–H groups in total. The van der Waals surface area contributed by atoms with E-state index in [1.165, 1.54) is 36.8 Å². The lowest BCUT2D eigenvalue weighted by Gasteiger charge is -2.01. The summed E-state index contributed by atoms with van der Waals surface area (Å²) in [5, 5.41) is 0. The second-order valence-corrected chi connectivity index (χ2v) is 3.90. The molecule has 0 unspecified atom stereocenters. The lowest BCUT2D eigenvalue weighted by Crippen LogP contribution is -2.04. The molecule has 0 saturated heterocycles. The Morgan fingerprint density at radius 1 is 1.31 bits per heavy atom. The summed E-state index contributed by atoms with van der Waals surface area (Å²) in [4.78, 5) is 19.6. The second-order valence-electron chi connectivity index (χ2n) is 3.05. The third-order valence-corrected chi connectivity index (χ3v) is 2.59. The molecule has 2 rings (SSSR count). The minimum atomic E-state index is -0.407. The van der Waals surface area contributed by atoms with Gasteiger partial charge >= 0.3 is 0 Å². The maximum absolute atomic E-state index is 13.0. The van der Waals surface area contributed by atoms with Crippen molar-refractivity contribution in [1.82, 2.24) is 9.97 Å². The molecule has 0 saturated carbocycles. The van der Waals surface area contributed by atoms with E-state index in [9.17, 15) is 9.18 Å². The van der Waals surface area contributed by atoms with Crippen molar-refractivity contribution in [3.8, 4) is 0 Å². The summed E-state index contributed by atoms with van der Waals surface area (Å²) < 4.78 is 13.2. The quantitative estimate of drug-likeness (QED) is 0.795. The molecule has 0 radical (unpaired) electrons. The van der Waals surface area contributed by atoms with E-state index in [1.54, 1.807) is 0 Å². The fraction of sp³-hybridized carbons (Fsp3) is 0. The number of aromatic nitrogens is 2. The number of nitrogens with zero attached hydrogens (tertiary/aromatic N) is 2. The van der Waals surface area contributed by atoms with Gasteiger partial charge in [0.15, 0.2) is 0 Å². The SMILES string of the molecule is O=C(c1ccc(F)c(Br)c1)c1cnccn1. The van der Waals surface area contributed by atoms with E-state index in [0.29, 0.717) is 5.56 Å². The van der Waals surface area contributed by atoms with Gasteiger partial charge in [0.25, 0.3) is 0 Å². The predicted octanol–water partition coefficient (Wildman–Crippen LogP) is 2.61. The molecule has 1 heterocycles. The first-order chi connectivity index (χ1) is 7.68. The van der Waals surface area contributed by atoms with Crippen LogP contribution in [-0.4, -0.2) is 15.8 Å². The van der Waals surface area contributed by atoms with Gasteiger partial charge in [-0.2, -0.15) is 0 Å². The highest BCUT2D eigenvalue weighted by atomic mass is 79.9. The van der Waals surface area contributed by atoms with Gasteiger partial charge < -0.3 is 0 Å². The number of carbonyl (C=O) groups excluding carboxylic acids is 1. The van der Waals surface area contributed by atoms with Crippen molar-refractivity contribution in [2.45, 2.75) is 0 Å². The van der Waals surface area contributed by atoms with Crippen molar-refractivity contribution in [2.75, 3.05) is 0 Å². The summed E-state index contributed by atoms with van der Waals surface area (Å²) in [5.74, 6) is -0.690. The highest BCUT2D eigenvalue weighted by Crippen LogP contribution is 2.18. The summed E-state index contributed by atoms with van der Waals surface area (Å²) in [7, 11) is 0. The molecular weight excluding hydrogens is 275 g/mol. The van der Waals surface area contributed by atoms with E-state index in [4.69, 9.17) is 0 Å². The van der Waals surface area contributed by atoms with E-state index >= 15 is 0 Å². The Labute approximate surface area is 99.5 Å². The molecule has 0 bridgehead atoms. The molecule has 0 aliphatic carbocycles. The first-order valence-corrected chi connectivity index (χ1v) is 5.23. The lowest BCUT2D eigenvalue weighted by molar-refractivity contribution is 0.103. The minimum absolute atomic E-state index is 0.237. The molecule has 1 aromatic carbocycles. The number of hydrogen-bond acceptors (Lipinski definition) is 3. The van der Waals surface area contributed by atoms with Crippen LogP contribution in [-0.2, 0) is 0 Å². The highest BCUT2D eigenvalue weighted by Gasteiger charge is 2.11. The molecule has 2 aromatic rings. The largest absolute Gasteiger partial charge is 0.287 e. The molecule has 0 aliphatic rings. The van der Waals surface area contributed by atoms with Gasteiger partial charge in [-0.1, -0.05) is 0 Å². The van der Waals surface area contributed by atoms with Crippen molar-refractivity contribution < 1.29 is 9.18 Å². The molecule has 1 aromatic heterocycles. The first-order valence-electron chi connectivity index (χ1n) is 4.44. The fourth-order valence-corrected chi connectivity index (χ4v) is 1.58. The average Bonchev–Trinajstić information content (AvgIpc) is 2.33. The number of ketones is 1. The summed E-state index contributed by atoms with van der Waals surface area (Å²) >= 11 is 3.02. The lowest BCUT2D eigenvalue weighted by atomic mass is 10.1. The number of hydrogen-bond donors (Lipinski definition) is 0. The van der Waals surface area contributed by atoms with Crippen LogP contribution in [0.25, 0.3) is 0 Å². The average molecular weight is 281 g/mol. The summed E-state index contributed by atoms with van der Waals surface area (Å²) in [6.07, 6.45) is 4.29. The van der Waals surface area contributed by atoms with Crippen molar-refractivity contribution in [3.63, 3.8) is 0 Å². The number of carbonyl (C=O) groups is 1. The van der Waals surface area contributed by atoms with Gasteiger partial charge in [-0.05, 0) is 34.1 Å². The molecule has 5 heteroatoms. The molecule has 0 spiro atoms. The molecular formula is C11H6BrFN2O. The van der Waals surface area contributed by atoms with Crippen LogP contribution in [0.15, 0.2) is 41.3 Å². The smallest absolute Gasteiger partial charge is 0.212 e. The van der Waals surface area contributed by atoms with E-state index in [2.05, 4.69) is 25.9 Å². The molecule has 0 aliphatic heterocycles. The first kappa shape index (κ1) is 10.9. The van der Waals surface area contributed by atoms with Crippen LogP contribution >= 0.6 is 15.9 Å². The third-order valence-electron chi connectivity index (χ3n) is 1.98. The van der Waals surface area contributed by atoms with Crippen molar-refractivity contribution >= 4 is 21.7 Å². The van der Waals surface area contributed by atoms with Crippen molar-refractivity contribution in [1.29, 1.82) is 0 Å². The van der Waals surface area contributed by atoms with E-state index < -0.39 is 5.82 Å². The van der Waals surface area contributed by atoms with Gasteiger partial charge in [0, 0.05) is 18.0 Å². The Morgan fingerprint density at radius 2 is 2.12 bits per heavy atom. The van der Waals surface area contributed by atoms with Crippen LogP contribution in [0, 0.1) is 5.82 Å². The zero-order chi connectivity index (χ0) is 11.5. The van der Waals surface area contributed by atoms with Crippen LogP contribution in [0.1, 0.15) is 16.1 Å². The summed E-state index contributed by atoms with van der Waals surface area (Å²) in [6.45, 7) is 0. The standard InChI is InChI=1S/C11H6BrFN2O/c12-8-5-7(1-2-9(8)13)11(16)10-6-14-3-4-15-10/h1-6H. The van der Waals surface area contributed by atoms with Crippen LogP contribution in [0.4, 0.5) is 4.39 Å². The van der Waals surface area contributed by atoms with Crippen LogP contribution < -0.4 is 0 Å².